The quantitative estimate of drug-likeness (QED) is 0.423. The number of nitrogens with one attached hydrogen (secondary N) is 1. The summed E-state index contributed by atoms with van der Waals surface area (Å²) in [5, 5.41) is 13.9. The van der Waals surface area contributed by atoms with Crippen LogP contribution in [0.5, 0.6) is 0 Å². The largest absolute Gasteiger partial charge is 0.468 e. The minimum Gasteiger partial charge on any atom is -0.468 e. The number of rotatable bonds is 5. The number of nitrogens with zero attached hydrogens (tertiary/aromatic N) is 1. The van der Waals surface area contributed by atoms with E-state index < -0.39 is 34.5 Å². The number of hydrogen-bond acceptors (Lipinski definition) is 7. The fourth-order valence-electron chi connectivity index (χ4n) is 2.32. The van der Waals surface area contributed by atoms with Crippen molar-refractivity contribution in [1.82, 2.24) is 5.32 Å². The molecule has 0 radical (unpaired) electrons. The van der Waals surface area contributed by atoms with E-state index >= 15 is 0 Å². The van der Waals surface area contributed by atoms with Crippen molar-refractivity contribution in [2.45, 2.75) is 44.3 Å². The van der Waals surface area contributed by atoms with Crippen molar-refractivity contribution in [1.29, 1.82) is 0 Å². The van der Waals surface area contributed by atoms with Gasteiger partial charge in [-0.3, -0.25) is 20.2 Å². The van der Waals surface area contributed by atoms with Crippen LogP contribution >= 0.6 is 0 Å². The highest BCUT2D eigenvalue weighted by atomic mass is 16.6. The zero-order valence-electron chi connectivity index (χ0n) is 11.2. The van der Waals surface area contributed by atoms with Gasteiger partial charge in [0.1, 0.15) is 6.04 Å². The molecule has 19 heavy (non-hydrogen) atoms. The van der Waals surface area contributed by atoms with E-state index in [4.69, 9.17) is 4.74 Å². The van der Waals surface area contributed by atoms with E-state index in [0.717, 1.165) is 0 Å². The predicted molar refractivity (Wildman–Crippen MR) is 64.0 cm³/mol. The lowest BCUT2D eigenvalue weighted by molar-refractivity contribution is -0.521. The molecule has 0 saturated carbocycles. The summed E-state index contributed by atoms with van der Waals surface area (Å²) in [6.07, 6.45) is 0.699. The standard InChI is InChI=1S/C11H18N2O6/c1-4-19-10(15)8(13(16)17)11(2)6-5-7(12-11)9(14)18-3/h7-8,12H,4-6H2,1-3H3. The summed E-state index contributed by atoms with van der Waals surface area (Å²) in [6, 6.07) is -2.17. The number of carbonyl (C=O) groups excluding carboxylic acids is 2. The van der Waals surface area contributed by atoms with E-state index in [9.17, 15) is 19.7 Å². The second-order valence-electron chi connectivity index (χ2n) is 4.62. The van der Waals surface area contributed by atoms with Crippen molar-refractivity contribution in [3.8, 4) is 0 Å². The van der Waals surface area contributed by atoms with Gasteiger partial charge in [-0.15, -0.1) is 0 Å². The Hall–Kier alpha value is -1.70. The molecule has 0 amide bonds. The Morgan fingerprint density at radius 3 is 2.68 bits per heavy atom. The molecule has 1 fully saturated rings. The van der Waals surface area contributed by atoms with Crippen LogP contribution in [0.3, 0.4) is 0 Å². The van der Waals surface area contributed by atoms with E-state index in [-0.39, 0.29) is 6.61 Å². The van der Waals surface area contributed by atoms with E-state index in [1.165, 1.54) is 7.11 Å². The Labute approximate surface area is 110 Å². The summed E-state index contributed by atoms with van der Waals surface area (Å²) in [5.41, 5.74) is -1.12. The molecule has 0 aromatic heterocycles. The number of esters is 2. The van der Waals surface area contributed by atoms with Gasteiger partial charge < -0.3 is 9.47 Å². The molecule has 0 spiro atoms. The van der Waals surface area contributed by atoms with Gasteiger partial charge in [0.25, 0.3) is 0 Å². The molecule has 1 saturated heterocycles. The van der Waals surface area contributed by atoms with Crippen LogP contribution < -0.4 is 5.32 Å². The van der Waals surface area contributed by atoms with Gasteiger partial charge in [0.05, 0.1) is 19.3 Å². The zero-order chi connectivity index (χ0) is 14.6. The summed E-state index contributed by atoms with van der Waals surface area (Å²) in [7, 11) is 1.25. The second-order valence-corrected chi connectivity index (χ2v) is 4.62. The van der Waals surface area contributed by atoms with Gasteiger partial charge in [0, 0.05) is 4.92 Å². The Morgan fingerprint density at radius 1 is 1.58 bits per heavy atom. The maximum Gasteiger partial charge on any atom is 0.383 e. The monoisotopic (exact) mass is 274 g/mol. The van der Waals surface area contributed by atoms with Crippen LogP contribution in [0, 0.1) is 10.1 Å². The third-order valence-electron chi connectivity index (χ3n) is 3.27. The molecule has 0 aromatic rings. The van der Waals surface area contributed by atoms with Crippen LogP contribution in [0.15, 0.2) is 0 Å². The maximum atomic E-state index is 11.7. The van der Waals surface area contributed by atoms with Gasteiger partial charge in [-0.1, -0.05) is 0 Å². The molecule has 1 aliphatic rings. The van der Waals surface area contributed by atoms with E-state index in [1.807, 2.05) is 0 Å². The van der Waals surface area contributed by atoms with Crippen molar-refractivity contribution >= 4 is 11.9 Å². The molecule has 0 bridgehead atoms. The number of methoxy groups -OCH3 is 1. The first-order valence-electron chi connectivity index (χ1n) is 6.01. The number of nitro groups is 1. The molecular weight excluding hydrogens is 256 g/mol. The molecule has 1 N–H and O–H groups in total. The average Bonchev–Trinajstić information content (AvgIpc) is 2.71. The maximum absolute atomic E-state index is 11.7. The Morgan fingerprint density at radius 2 is 2.21 bits per heavy atom. The van der Waals surface area contributed by atoms with Gasteiger partial charge in [-0.2, -0.15) is 0 Å². The van der Waals surface area contributed by atoms with Crippen LogP contribution in [-0.4, -0.2) is 48.2 Å². The van der Waals surface area contributed by atoms with Crippen molar-refractivity contribution in [2.24, 2.45) is 0 Å². The lowest BCUT2D eigenvalue weighted by atomic mass is 9.91. The number of carbonyl (C=O) groups is 2. The summed E-state index contributed by atoms with van der Waals surface area (Å²) in [4.78, 5) is 33.5. The summed E-state index contributed by atoms with van der Waals surface area (Å²) >= 11 is 0. The Kier molecular flexibility index (Phi) is 4.82. The highest BCUT2D eigenvalue weighted by Gasteiger charge is 2.54. The van der Waals surface area contributed by atoms with E-state index in [0.29, 0.717) is 12.8 Å². The highest BCUT2D eigenvalue weighted by molar-refractivity contribution is 5.79. The lowest BCUT2D eigenvalue weighted by Gasteiger charge is -2.26. The fourth-order valence-corrected chi connectivity index (χ4v) is 2.32. The summed E-state index contributed by atoms with van der Waals surface area (Å²) in [5.74, 6) is -1.39. The normalized spacial score (nSPS) is 27.6. The van der Waals surface area contributed by atoms with Crippen LogP contribution in [0.1, 0.15) is 26.7 Å². The van der Waals surface area contributed by atoms with Crippen LogP contribution in [0.25, 0.3) is 0 Å². The molecule has 108 valence electrons. The van der Waals surface area contributed by atoms with Gasteiger partial charge >= 0.3 is 18.0 Å². The van der Waals surface area contributed by atoms with Crippen LogP contribution in [0.4, 0.5) is 0 Å². The minimum absolute atomic E-state index is 0.0691. The Bertz CT molecular complexity index is 385. The molecule has 0 aliphatic carbocycles. The fraction of sp³-hybridized carbons (Fsp3) is 0.818. The van der Waals surface area contributed by atoms with Crippen molar-refractivity contribution in [3.05, 3.63) is 10.1 Å². The summed E-state index contributed by atoms with van der Waals surface area (Å²) < 4.78 is 9.32. The second kappa shape index (κ2) is 5.96. The first-order valence-corrected chi connectivity index (χ1v) is 6.01. The molecule has 1 heterocycles. The molecule has 3 atom stereocenters. The van der Waals surface area contributed by atoms with Gasteiger partial charge in [0.2, 0.25) is 0 Å². The lowest BCUT2D eigenvalue weighted by Crippen LogP contribution is -2.58. The third-order valence-corrected chi connectivity index (χ3v) is 3.27. The first kappa shape index (κ1) is 15.4. The first-order chi connectivity index (χ1) is 8.85. The molecule has 8 nitrogen and oxygen atoms in total. The van der Waals surface area contributed by atoms with Crippen LogP contribution in [0.2, 0.25) is 0 Å². The topological polar surface area (TPSA) is 108 Å². The smallest absolute Gasteiger partial charge is 0.383 e. The molecule has 0 aromatic carbocycles. The zero-order valence-corrected chi connectivity index (χ0v) is 11.2. The van der Waals surface area contributed by atoms with Crippen molar-refractivity contribution < 1.29 is 24.0 Å². The Balaban J connectivity index is 2.88. The average molecular weight is 274 g/mol. The van der Waals surface area contributed by atoms with Crippen molar-refractivity contribution in [3.63, 3.8) is 0 Å². The molecule has 1 aliphatic heterocycles. The van der Waals surface area contributed by atoms with Crippen molar-refractivity contribution in [2.75, 3.05) is 13.7 Å². The minimum atomic E-state index is -1.54. The molecule has 1 rings (SSSR count). The molecule has 3 unspecified atom stereocenters. The SMILES string of the molecule is CCOC(=O)C([N+](=O)[O-])C1(C)CCC(C(=O)OC)N1. The third kappa shape index (κ3) is 3.19. The number of ether oxygens (including phenoxy) is 2. The number of hydrogen-bond donors (Lipinski definition) is 1. The van der Waals surface area contributed by atoms with Gasteiger partial charge in [-0.05, 0) is 26.7 Å². The van der Waals surface area contributed by atoms with E-state index in [1.54, 1.807) is 13.8 Å². The highest BCUT2D eigenvalue weighted by Crippen LogP contribution is 2.29. The van der Waals surface area contributed by atoms with Crippen LogP contribution in [-0.2, 0) is 19.1 Å². The van der Waals surface area contributed by atoms with Gasteiger partial charge in [-0.25, -0.2) is 4.79 Å². The molecule has 8 heteroatoms. The van der Waals surface area contributed by atoms with Gasteiger partial charge in [0.15, 0.2) is 0 Å². The van der Waals surface area contributed by atoms with E-state index in [2.05, 4.69) is 10.1 Å². The summed E-state index contributed by atoms with van der Waals surface area (Å²) in [6.45, 7) is 3.19. The predicted octanol–water partition coefficient (Wildman–Crippen LogP) is -0.121. The molecular formula is C11H18N2O6.